The van der Waals surface area contributed by atoms with Gasteiger partial charge in [0.25, 0.3) is 0 Å². The molecule has 4 rings (SSSR count). The lowest BCUT2D eigenvalue weighted by Crippen LogP contribution is -1.99. The molecule has 0 saturated heterocycles. The number of benzene rings is 3. The summed E-state index contributed by atoms with van der Waals surface area (Å²) in [4.78, 5) is 0. The number of nitrogens with zero attached hydrogens (tertiary/aromatic N) is 3. The number of ether oxygens (including phenoxy) is 2. The molecule has 6 heteroatoms. The second-order valence-electron chi connectivity index (χ2n) is 6.33. The average molecular weight is 384 g/mol. The fourth-order valence-electron chi connectivity index (χ4n) is 2.90. The van der Waals surface area contributed by atoms with Crippen LogP contribution in [0.25, 0.3) is 10.8 Å². The van der Waals surface area contributed by atoms with E-state index in [1.807, 2.05) is 72.8 Å². The Hall–Kier alpha value is -3.93. The predicted octanol–water partition coefficient (Wildman–Crippen LogP) is 4.66. The van der Waals surface area contributed by atoms with Gasteiger partial charge in [-0.25, -0.2) is 0 Å². The number of anilines is 1. The van der Waals surface area contributed by atoms with Crippen LogP contribution in [0.5, 0.6) is 11.5 Å². The number of hydrazone groups is 1. The van der Waals surface area contributed by atoms with Gasteiger partial charge in [0.1, 0.15) is 6.61 Å². The van der Waals surface area contributed by atoms with Gasteiger partial charge in [-0.3, -0.25) is 5.43 Å². The van der Waals surface area contributed by atoms with Crippen LogP contribution in [0.15, 0.2) is 84.1 Å². The van der Waals surface area contributed by atoms with Gasteiger partial charge in [-0.1, -0.05) is 54.6 Å². The molecule has 0 bridgehead atoms. The maximum Gasteiger partial charge on any atom is 0.176 e. The molecule has 0 aliphatic heterocycles. The van der Waals surface area contributed by atoms with E-state index in [2.05, 4.69) is 20.7 Å². The zero-order valence-corrected chi connectivity index (χ0v) is 15.9. The van der Waals surface area contributed by atoms with Crippen molar-refractivity contribution in [2.24, 2.45) is 5.10 Å². The van der Waals surface area contributed by atoms with Gasteiger partial charge in [-0.2, -0.15) is 10.2 Å². The van der Waals surface area contributed by atoms with Crippen molar-refractivity contribution < 1.29 is 9.47 Å². The van der Waals surface area contributed by atoms with Crippen molar-refractivity contribution in [3.05, 3.63) is 90.1 Å². The second kappa shape index (κ2) is 8.84. The van der Waals surface area contributed by atoms with Crippen LogP contribution in [-0.2, 0) is 6.61 Å². The van der Waals surface area contributed by atoms with Gasteiger partial charge in [0, 0.05) is 10.8 Å². The lowest BCUT2D eigenvalue weighted by Gasteiger charge is -2.11. The molecule has 0 aliphatic carbocycles. The fourth-order valence-corrected chi connectivity index (χ4v) is 2.90. The van der Waals surface area contributed by atoms with E-state index >= 15 is 0 Å². The first-order valence-corrected chi connectivity index (χ1v) is 9.18. The van der Waals surface area contributed by atoms with Crippen molar-refractivity contribution in [2.45, 2.75) is 6.61 Å². The molecule has 1 heterocycles. The first-order chi connectivity index (χ1) is 14.3. The highest BCUT2D eigenvalue weighted by atomic mass is 16.5. The van der Waals surface area contributed by atoms with Crippen LogP contribution in [0, 0.1) is 0 Å². The van der Waals surface area contributed by atoms with Crippen LogP contribution in [0.1, 0.15) is 11.1 Å². The topological polar surface area (TPSA) is 68.6 Å². The number of fused-ring (bicyclic) bond motifs is 1. The quantitative estimate of drug-likeness (QED) is 0.371. The van der Waals surface area contributed by atoms with E-state index in [0.717, 1.165) is 21.9 Å². The van der Waals surface area contributed by atoms with Gasteiger partial charge in [0.05, 0.1) is 19.5 Å². The van der Waals surface area contributed by atoms with Crippen molar-refractivity contribution in [1.29, 1.82) is 0 Å². The summed E-state index contributed by atoms with van der Waals surface area (Å²) in [5, 5.41) is 14.4. The van der Waals surface area contributed by atoms with Crippen molar-refractivity contribution >= 4 is 22.8 Å². The van der Waals surface area contributed by atoms with E-state index in [-0.39, 0.29) is 0 Å². The third-order valence-electron chi connectivity index (χ3n) is 4.38. The van der Waals surface area contributed by atoms with E-state index < -0.39 is 0 Å². The van der Waals surface area contributed by atoms with Gasteiger partial charge in [0.15, 0.2) is 17.3 Å². The van der Waals surface area contributed by atoms with Gasteiger partial charge in [0.2, 0.25) is 0 Å². The molecule has 29 heavy (non-hydrogen) atoms. The average Bonchev–Trinajstić information content (AvgIpc) is 2.78. The van der Waals surface area contributed by atoms with Gasteiger partial charge in [-0.15, -0.1) is 5.10 Å². The molecule has 0 spiro atoms. The molecule has 0 radical (unpaired) electrons. The Kier molecular flexibility index (Phi) is 5.62. The Morgan fingerprint density at radius 3 is 2.66 bits per heavy atom. The van der Waals surface area contributed by atoms with Gasteiger partial charge >= 0.3 is 0 Å². The molecule has 0 unspecified atom stereocenters. The van der Waals surface area contributed by atoms with Crippen LogP contribution in [-0.4, -0.2) is 23.5 Å². The molecule has 0 amide bonds. The minimum Gasteiger partial charge on any atom is -0.493 e. The summed E-state index contributed by atoms with van der Waals surface area (Å²) in [5.41, 5.74) is 4.92. The summed E-state index contributed by atoms with van der Waals surface area (Å²) in [7, 11) is 1.62. The largest absolute Gasteiger partial charge is 0.493 e. The smallest absolute Gasteiger partial charge is 0.176 e. The molecule has 1 N–H and O–H groups in total. The normalized spacial score (nSPS) is 10.9. The predicted molar refractivity (Wildman–Crippen MR) is 115 cm³/mol. The number of rotatable bonds is 7. The lowest BCUT2D eigenvalue weighted by molar-refractivity contribution is 0.284. The molecular formula is C23H20N4O2. The Labute approximate surface area is 168 Å². The molecule has 0 atom stereocenters. The summed E-state index contributed by atoms with van der Waals surface area (Å²) < 4.78 is 11.4. The SMILES string of the molecule is COc1ccc(C=NNc2nncc3ccccc23)cc1OCc1ccccc1. The highest BCUT2D eigenvalue weighted by Gasteiger charge is 2.06. The number of hydrogen-bond donors (Lipinski definition) is 1. The Bertz CT molecular complexity index is 1120. The van der Waals surface area contributed by atoms with E-state index in [4.69, 9.17) is 9.47 Å². The van der Waals surface area contributed by atoms with Crippen molar-refractivity contribution in [3.63, 3.8) is 0 Å². The summed E-state index contributed by atoms with van der Waals surface area (Å²) in [5.74, 6) is 1.93. The standard InChI is InChI=1S/C23H20N4O2/c1-28-21-12-11-18(13-22(21)29-16-17-7-3-2-4-8-17)14-24-26-23-20-10-6-5-9-19(20)15-25-27-23/h2-15H,16H2,1H3,(H,26,27). The van der Waals surface area contributed by atoms with Gasteiger partial charge in [-0.05, 0) is 29.3 Å². The van der Waals surface area contributed by atoms with Crippen LogP contribution < -0.4 is 14.9 Å². The lowest BCUT2D eigenvalue weighted by atomic mass is 10.2. The molecule has 6 nitrogen and oxygen atoms in total. The van der Waals surface area contributed by atoms with Crippen LogP contribution >= 0.6 is 0 Å². The Balaban J connectivity index is 1.49. The van der Waals surface area contributed by atoms with E-state index in [0.29, 0.717) is 23.9 Å². The third-order valence-corrected chi connectivity index (χ3v) is 4.38. The number of methoxy groups -OCH3 is 1. The molecule has 4 aromatic rings. The molecule has 3 aromatic carbocycles. The van der Waals surface area contributed by atoms with Crippen molar-refractivity contribution in [2.75, 3.05) is 12.5 Å². The summed E-state index contributed by atoms with van der Waals surface area (Å²) in [6, 6.07) is 23.5. The van der Waals surface area contributed by atoms with Crippen molar-refractivity contribution in [3.8, 4) is 11.5 Å². The van der Waals surface area contributed by atoms with Crippen LogP contribution in [0.4, 0.5) is 5.82 Å². The third kappa shape index (κ3) is 4.50. The summed E-state index contributed by atoms with van der Waals surface area (Å²) in [6.45, 7) is 0.460. The Morgan fingerprint density at radius 2 is 1.79 bits per heavy atom. The molecule has 0 saturated carbocycles. The van der Waals surface area contributed by atoms with E-state index in [1.54, 1.807) is 19.5 Å². The molecule has 0 fully saturated rings. The zero-order chi connectivity index (χ0) is 19.9. The first kappa shape index (κ1) is 18.4. The molecular weight excluding hydrogens is 364 g/mol. The summed E-state index contributed by atoms with van der Waals surface area (Å²) in [6.07, 6.45) is 3.43. The molecule has 0 aliphatic rings. The highest BCUT2D eigenvalue weighted by Crippen LogP contribution is 2.28. The fraction of sp³-hybridized carbons (Fsp3) is 0.0870. The number of aromatic nitrogens is 2. The van der Waals surface area contributed by atoms with Crippen molar-refractivity contribution in [1.82, 2.24) is 10.2 Å². The van der Waals surface area contributed by atoms with Gasteiger partial charge < -0.3 is 9.47 Å². The molecule has 1 aromatic heterocycles. The van der Waals surface area contributed by atoms with Crippen LogP contribution in [0.2, 0.25) is 0 Å². The monoisotopic (exact) mass is 384 g/mol. The molecule has 144 valence electrons. The number of hydrogen-bond acceptors (Lipinski definition) is 6. The first-order valence-electron chi connectivity index (χ1n) is 9.18. The Morgan fingerprint density at radius 1 is 0.966 bits per heavy atom. The maximum atomic E-state index is 5.95. The zero-order valence-electron chi connectivity index (χ0n) is 15.9. The number of nitrogens with one attached hydrogen (secondary N) is 1. The summed E-state index contributed by atoms with van der Waals surface area (Å²) >= 11 is 0. The minimum absolute atomic E-state index is 0.460. The van der Waals surface area contributed by atoms with Crippen LogP contribution in [0.3, 0.4) is 0 Å². The highest BCUT2D eigenvalue weighted by molar-refractivity contribution is 5.91. The minimum atomic E-state index is 0.460. The second-order valence-corrected chi connectivity index (χ2v) is 6.33. The van der Waals surface area contributed by atoms with E-state index in [9.17, 15) is 0 Å². The van der Waals surface area contributed by atoms with E-state index in [1.165, 1.54) is 0 Å². The maximum absolute atomic E-state index is 5.95.